The fraction of sp³-hybridized carbons (Fsp3) is 0.211. The Morgan fingerprint density at radius 2 is 1.87 bits per heavy atom. The van der Waals surface area contributed by atoms with Gasteiger partial charge in [0.2, 0.25) is 0 Å². The summed E-state index contributed by atoms with van der Waals surface area (Å²) in [5, 5.41) is 5.53. The summed E-state index contributed by atoms with van der Waals surface area (Å²) in [5.74, 6) is 0.919. The van der Waals surface area contributed by atoms with Gasteiger partial charge >= 0.3 is 0 Å². The Morgan fingerprint density at radius 3 is 2.65 bits per heavy atom. The Kier molecular flexibility index (Phi) is 6.39. The molecule has 0 saturated carbocycles. The first-order valence-corrected chi connectivity index (χ1v) is 7.57. The average Bonchev–Trinajstić information content (AvgIpc) is 2.59. The first kappa shape index (κ1) is 17.3. The van der Waals surface area contributed by atoms with E-state index in [-0.39, 0.29) is 18.5 Å². The third kappa shape index (κ3) is 4.21. The minimum atomic E-state index is -0.00745. The summed E-state index contributed by atoms with van der Waals surface area (Å²) in [5.41, 5.74) is 1.10. The van der Waals surface area contributed by atoms with E-state index in [0.717, 1.165) is 29.7 Å². The highest BCUT2D eigenvalue weighted by Gasteiger charge is 2.14. The van der Waals surface area contributed by atoms with E-state index < -0.39 is 0 Å². The van der Waals surface area contributed by atoms with Crippen molar-refractivity contribution in [2.75, 3.05) is 13.6 Å². The fourth-order valence-corrected chi connectivity index (χ4v) is 2.59. The Morgan fingerprint density at radius 1 is 1.04 bits per heavy atom. The minimum absolute atomic E-state index is 0. The molecule has 0 amide bonds. The highest BCUT2D eigenvalue weighted by Crippen LogP contribution is 2.30. The van der Waals surface area contributed by atoms with Gasteiger partial charge in [0.15, 0.2) is 0 Å². The van der Waals surface area contributed by atoms with Gasteiger partial charge in [-0.2, -0.15) is 0 Å². The number of ether oxygens (including phenoxy) is 1. The molecular weight excluding hydrogens is 308 g/mol. The Bertz CT molecular complexity index is 728. The number of rotatable bonds is 6. The van der Waals surface area contributed by atoms with E-state index in [2.05, 4.69) is 34.6 Å². The zero-order chi connectivity index (χ0) is 15.2. The van der Waals surface area contributed by atoms with Crippen LogP contribution in [0.15, 0.2) is 67.0 Å². The third-order valence-corrected chi connectivity index (χ3v) is 3.73. The van der Waals surface area contributed by atoms with Crippen LogP contribution in [0.3, 0.4) is 0 Å². The lowest BCUT2D eigenvalue weighted by molar-refractivity contribution is 0.197. The molecule has 1 N–H and O–H groups in total. The van der Waals surface area contributed by atoms with Gasteiger partial charge in [-0.05, 0) is 31.1 Å². The van der Waals surface area contributed by atoms with E-state index >= 15 is 0 Å². The predicted molar refractivity (Wildman–Crippen MR) is 97.3 cm³/mol. The maximum absolute atomic E-state index is 6.34. The van der Waals surface area contributed by atoms with Crippen LogP contribution in [0.5, 0.6) is 5.75 Å². The molecule has 1 unspecified atom stereocenters. The molecule has 3 nitrogen and oxygen atoms in total. The molecule has 0 aliphatic heterocycles. The van der Waals surface area contributed by atoms with Crippen LogP contribution in [0, 0.1) is 0 Å². The quantitative estimate of drug-likeness (QED) is 0.729. The van der Waals surface area contributed by atoms with Crippen LogP contribution in [0.25, 0.3) is 10.8 Å². The number of hydrogen-bond acceptors (Lipinski definition) is 3. The number of aromatic nitrogens is 1. The molecule has 4 heteroatoms. The molecule has 1 atom stereocenters. The number of fused-ring (bicyclic) bond motifs is 1. The second-order valence-electron chi connectivity index (χ2n) is 5.26. The molecule has 1 aromatic heterocycles. The molecule has 0 aliphatic rings. The van der Waals surface area contributed by atoms with Crippen LogP contribution in [0.4, 0.5) is 0 Å². The zero-order valence-electron chi connectivity index (χ0n) is 13.1. The first-order valence-electron chi connectivity index (χ1n) is 7.57. The normalized spacial score (nSPS) is 11.7. The summed E-state index contributed by atoms with van der Waals surface area (Å²) in [6, 6.07) is 18.5. The van der Waals surface area contributed by atoms with E-state index in [9.17, 15) is 0 Å². The molecule has 23 heavy (non-hydrogen) atoms. The molecule has 2 aromatic carbocycles. The molecule has 3 aromatic rings. The predicted octanol–water partition coefficient (Wildman–Crippen LogP) is 4.39. The van der Waals surface area contributed by atoms with Gasteiger partial charge in [0.1, 0.15) is 11.9 Å². The van der Waals surface area contributed by atoms with E-state index in [1.165, 1.54) is 5.39 Å². The number of benzene rings is 2. The second-order valence-corrected chi connectivity index (χ2v) is 5.26. The number of nitrogens with one attached hydrogen (secondary N) is 1. The Balaban J connectivity index is 0.00000192. The van der Waals surface area contributed by atoms with Crippen LogP contribution in [-0.4, -0.2) is 18.6 Å². The van der Waals surface area contributed by atoms with Crippen molar-refractivity contribution in [3.05, 3.63) is 72.6 Å². The molecule has 0 aliphatic carbocycles. The topological polar surface area (TPSA) is 34.1 Å². The molecule has 0 spiro atoms. The lowest BCUT2D eigenvalue weighted by atomic mass is 10.1. The highest BCUT2D eigenvalue weighted by atomic mass is 35.5. The van der Waals surface area contributed by atoms with Gasteiger partial charge in [-0.15, -0.1) is 12.4 Å². The smallest absolute Gasteiger partial charge is 0.128 e. The minimum Gasteiger partial charge on any atom is -0.485 e. The fourth-order valence-electron chi connectivity index (χ4n) is 2.59. The van der Waals surface area contributed by atoms with Crippen molar-refractivity contribution >= 4 is 23.2 Å². The van der Waals surface area contributed by atoms with E-state index in [1.807, 2.05) is 43.6 Å². The lowest BCUT2D eigenvalue weighted by Crippen LogP contribution is -2.16. The van der Waals surface area contributed by atoms with E-state index in [0.29, 0.717) is 0 Å². The van der Waals surface area contributed by atoms with Crippen molar-refractivity contribution in [2.45, 2.75) is 12.5 Å². The SMILES string of the molecule is CNCCC(Oc1cccc2ccccc12)c1cccnc1.Cl. The van der Waals surface area contributed by atoms with Gasteiger partial charge in [-0.3, -0.25) is 4.98 Å². The van der Waals surface area contributed by atoms with Crippen molar-refractivity contribution in [3.63, 3.8) is 0 Å². The summed E-state index contributed by atoms with van der Waals surface area (Å²) in [6.07, 6.45) is 4.56. The van der Waals surface area contributed by atoms with Crippen molar-refractivity contribution in [3.8, 4) is 5.75 Å². The van der Waals surface area contributed by atoms with Gasteiger partial charge in [0.25, 0.3) is 0 Å². The van der Waals surface area contributed by atoms with Gasteiger partial charge in [-0.1, -0.05) is 42.5 Å². The van der Waals surface area contributed by atoms with Gasteiger partial charge in [0.05, 0.1) is 0 Å². The van der Waals surface area contributed by atoms with E-state index in [1.54, 1.807) is 6.20 Å². The lowest BCUT2D eigenvalue weighted by Gasteiger charge is -2.20. The Labute approximate surface area is 143 Å². The van der Waals surface area contributed by atoms with Gasteiger partial charge in [-0.25, -0.2) is 0 Å². The number of nitrogens with zero attached hydrogens (tertiary/aromatic N) is 1. The van der Waals surface area contributed by atoms with Crippen LogP contribution >= 0.6 is 12.4 Å². The first-order chi connectivity index (χ1) is 10.9. The largest absolute Gasteiger partial charge is 0.485 e. The van der Waals surface area contributed by atoms with Crippen molar-refractivity contribution in [1.82, 2.24) is 10.3 Å². The monoisotopic (exact) mass is 328 g/mol. The summed E-state index contributed by atoms with van der Waals surface area (Å²) in [7, 11) is 1.96. The molecule has 1 heterocycles. The average molecular weight is 329 g/mol. The molecule has 0 fully saturated rings. The summed E-state index contributed by atoms with van der Waals surface area (Å²) in [4.78, 5) is 4.22. The molecule has 0 saturated heterocycles. The maximum atomic E-state index is 6.34. The molecular formula is C19H21ClN2O. The third-order valence-electron chi connectivity index (χ3n) is 3.73. The maximum Gasteiger partial charge on any atom is 0.128 e. The summed E-state index contributed by atoms with van der Waals surface area (Å²) >= 11 is 0. The van der Waals surface area contributed by atoms with Crippen LogP contribution in [-0.2, 0) is 0 Å². The summed E-state index contributed by atoms with van der Waals surface area (Å²) < 4.78 is 6.34. The highest BCUT2D eigenvalue weighted by molar-refractivity contribution is 5.88. The number of pyridine rings is 1. The number of hydrogen-bond donors (Lipinski definition) is 1. The number of halogens is 1. The molecule has 3 rings (SSSR count). The Hall–Kier alpha value is -2.10. The van der Waals surface area contributed by atoms with Crippen LogP contribution < -0.4 is 10.1 Å². The summed E-state index contributed by atoms with van der Waals surface area (Å²) in [6.45, 7) is 0.893. The zero-order valence-corrected chi connectivity index (χ0v) is 13.9. The van der Waals surface area contributed by atoms with Crippen LogP contribution in [0.2, 0.25) is 0 Å². The van der Waals surface area contributed by atoms with Crippen LogP contribution in [0.1, 0.15) is 18.1 Å². The molecule has 0 bridgehead atoms. The van der Waals surface area contributed by atoms with Crippen molar-refractivity contribution in [1.29, 1.82) is 0 Å². The van der Waals surface area contributed by atoms with Gasteiger partial charge in [0, 0.05) is 29.8 Å². The molecule has 0 radical (unpaired) electrons. The second kappa shape index (κ2) is 8.51. The van der Waals surface area contributed by atoms with Crippen molar-refractivity contribution < 1.29 is 4.74 Å². The van der Waals surface area contributed by atoms with Gasteiger partial charge < -0.3 is 10.1 Å². The van der Waals surface area contributed by atoms with Crippen molar-refractivity contribution in [2.24, 2.45) is 0 Å². The standard InChI is InChI=1S/C19H20N2O.ClH/c1-20-13-11-18(16-8-5-12-21-14-16)22-19-10-4-7-15-6-2-3-9-17(15)19;/h2-10,12,14,18,20H,11,13H2,1H3;1H. The molecule has 120 valence electrons. The van der Waals surface area contributed by atoms with E-state index in [4.69, 9.17) is 4.74 Å².